The molecule has 0 aliphatic heterocycles. The normalized spacial score (nSPS) is 10.4. The predicted octanol–water partition coefficient (Wildman–Crippen LogP) is 4.79. The molecule has 2 rings (SSSR count). The molecule has 0 bridgehead atoms. The Bertz CT molecular complexity index is 444. The van der Waals surface area contributed by atoms with Gasteiger partial charge in [0.25, 0.3) is 0 Å². The predicted molar refractivity (Wildman–Crippen MR) is 73.0 cm³/mol. The fraction of sp³-hybridized carbons (Fsp3) is 0.0833. The van der Waals surface area contributed by atoms with Gasteiger partial charge < -0.3 is 0 Å². The molecule has 0 N–H and O–H groups in total. The summed E-state index contributed by atoms with van der Waals surface area (Å²) in [6.45, 7) is 0. The number of benzene rings is 1. The van der Waals surface area contributed by atoms with Crippen molar-refractivity contribution in [3.63, 3.8) is 0 Å². The molecule has 0 unspecified atom stereocenters. The van der Waals surface area contributed by atoms with E-state index in [1.807, 2.05) is 24.4 Å². The Morgan fingerprint density at radius 2 is 2.12 bits per heavy atom. The third-order valence-electron chi connectivity index (χ3n) is 1.96. The Morgan fingerprint density at radius 1 is 1.25 bits per heavy atom. The van der Waals surface area contributed by atoms with Crippen LogP contribution in [0.25, 0.3) is 0 Å². The van der Waals surface area contributed by atoms with Crippen LogP contribution in [0.4, 0.5) is 0 Å². The summed E-state index contributed by atoms with van der Waals surface area (Å²) in [5, 5.41) is 0.775. The first-order chi connectivity index (χ1) is 7.74. The van der Waals surface area contributed by atoms with E-state index in [1.165, 1.54) is 10.5 Å². The summed E-state index contributed by atoms with van der Waals surface area (Å²) in [4.78, 5) is 5.30. The van der Waals surface area contributed by atoms with Gasteiger partial charge in [0.15, 0.2) is 0 Å². The van der Waals surface area contributed by atoms with Crippen LogP contribution in [-0.2, 0) is 5.75 Å². The first kappa shape index (κ1) is 12.0. The molecular weight excluding hydrogens is 306 g/mol. The summed E-state index contributed by atoms with van der Waals surface area (Å²) < 4.78 is 1.01. The zero-order valence-electron chi connectivity index (χ0n) is 8.36. The monoisotopic (exact) mass is 313 g/mol. The van der Waals surface area contributed by atoms with Gasteiger partial charge in [-0.3, -0.25) is 4.98 Å². The standard InChI is InChI=1S/C12H9BrClNS/c13-10-4-9(6-15-7-10)8-16-12-3-1-2-11(14)5-12/h1-7H,8H2. The number of rotatable bonds is 3. The van der Waals surface area contributed by atoms with Crippen molar-refractivity contribution in [1.29, 1.82) is 0 Å². The average Bonchev–Trinajstić information content (AvgIpc) is 2.27. The smallest absolute Gasteiger partial charge is 0.0417 e. The number of hydrogen-bond acceptors (Lipinski definition) is 2. The van der Waals surface area contributed by atoms with Gasteiger partial charge in [0, 0.05) is 32.5 Å². The average molecular weight is 315 g/mol. The maximum absolute atomic E-state index is 5.92. The minimum Gasteiger partial charge on any atom is -0.263 e. The lowest BCUT2D eigenvalue weighted by atomic mass is 10.3. The van der Waals surface area contributed by atoms with Crippen LogP contribution in [0.2, 0.25) is 5.02 Å². The van der Waals surface area contributed by atoms with Crippen LogP contribution in [0, 0.1) is 0 Å². The van der Waals surface area contributed by atoms with Crippen LogP contribution in [0.1, 0.15) is 5.56 Å². The number of thioether (sulfide) groups is 1. The highest BCUT2D eigenvalue weighted by Crippen LogP contribution is 2.25. The number of hydrogen-bond donors (Lipinski definition) is 0. The number of pyridine rings is 1. The molecule has 4 heteroatoms. The molecule has 1 nitrogen and oxygen atoms in total. The van der Waals surface area contributed by atoms with Gasteiger partial charge in [0.2, 0.25) is 0 Å². The molecule has 1 aromatic heterocycles. The van der Waals surface area contributed by atoms with Gasteiger partial charge in [0.1, 0.15) is 0 Å². The van der Waals surface area contributed by atoms with Crippen molar-refractivity contribution in [2.24, 2.45) is 0 Å². The molecule has 0 atom stereocenters. The fourth-order valence-corrected chi connectivity index (χ4v) is 2.80. The van der Waals surface area contributed by atoms with Crippen LogP contribution < -0.4 is 0 Å². The lowest BCUT2D eigenvalue weighted by molar-refractivity contribution is 1.23. The molecule has 0 saturated carbocycles. The molecule has 2 aromatic rings. The van der Waals surface area contributed by atoms with Gasteiger partial charge in [-0.15, -0.1) is 11.8 Å². The van der Waals surface area contributed by atoms with Crippen molar-refractivity contribution in [1.82, 2.24) is 4.98 Å². The molecule has 16 heavy (non-hydrogen) atoms. The van der Waals surface area contributed by atoms with Crippen molar-refractivity contribution in [2.45, 2.75) is 10.6 Å². The van der Waals surface area contributed by atoms with E-state index in [2.05, 4.69) is 33.0 Å². The Balaban J connectivity index is 2.02. The summed E-state index contributed by atoms with van der Waals surface area (Å²) in [5.41, 5.74) is 1.19. The van der Waals surface area contributed by atoms with Crippen LogP contribution >= 0.6 is 39.3 Å². The molecule has 0 radical (unpaired) electrons. The van der Waals surface area contributed by atoms with Crippen molar-refractivity contribution in [3.05, 3.63) is 57.8 Å². The van der Waals surface area contributed by atoms with E-state index in [0.717, 1.165) is 15.2 Å². The second-order valence-electron chi connectivity index (χ2n) is 3.26. The largest absolute Gasteiger partial charge is 0.263 e. The van der Waals surface area contributed by atoms with Crippen molar-refractivity contribution < 1.29 is 0 Å². The molecule has 0 spiro atoms. The van der Waals surface area contributed by atoms with E-state index in [0.29, 0.717) is 0 Å². The zero-order chi connectivity index (χ0) is 11.4. The highest BCUT2D eigenvalue weighted by Gasteiger charge is 1.98. The summed E-state index contributed by atoms with van der Waals surface area (Å²) >= 11 is 11.1. The van der Waals surface area contributed by atoms with E-state index < -0.39 is 0 Å². The molecule has 0 amide bonds. The van der Waals surface area contributed by atoms with Gasteiger partial charge in [-0.05, 0) is 45.8 Å². The highest BCUT2D eigenvalue weighted by atomic mass is 79.9. The summed E-state index contributed by atoms with van der Waals surface area (Å²) in [6.07, 6.45) is 3.66. The number of aromatic nitrogens is 1. The van der Waals surface area contributed by atoms with Crippen molar-refractivity contribution in [2.75, 3.05) is 0 Å². The fourth-order valence-electron chi connectivity index (χ4n) is 1.26. The van der Waals surface area contributed by atoms with Crippen molar-refractivity contribution >= 4 is 39.3 Å². The number of halogens is 2. The maximum atomic E-state index is 5.92. The van der Waals surface area contributed by atoms with Gasteiger partial charge in [-0.2, -0.15) is 0 Å². The third kappa shape index (κ3) is 3.51. The van der Waals surface area contributed by atoms with E-state index in [1.54, 1.807) is 18.0 Å². The number of nitrogens with zero attached hydrogens (tertiary/aromatic N) is 1. The molecular formula is C12H9BrClNS. The lowest BCUT2D eigenvalue weighted by Gasteiger charge is -2.02. The van der Waals surface area contributed by atoms with Crippen LogP contribution in [0.5, 0.6) is 0 Å². The zero-order valence-corrected chi connectivity index (χ0v) is 11.5. The molecule has 0 fully saturated rings. The Labute approximate surface area is 112 Å². The minimum absolute atomic E-state index is 0.775. The molecule has 1 heterocycles. The Hall–Kier alpha value is -0.510. The summed E-state index contributed by atoms with van der Waals surface area (Å²) in [7, 11) is 0. The van der Waals surface area contributed by atoms with E-state index in [4.69, 9.17) is 11.6 Å². The SMILES string of the molecule is Clc1cccc(SCc2cncc(Br)c2)c1. The van der Waals surface area contributed by atoms with Crippen LogP contribution in [0.15, 0.2) is 52.1 Å². The highest BCUT2D eigenvalue weighted by molar-refractivity contribution is 9.10. The second kappa shape index (κ2) is 5.71. The minimum atomic E-state index is 0.775. The molecule has 0 saturated heterocycles. The topological polar surface area (TPSA) is 12.9 Å². The summed E-state index contributed by atoms with van der Waals surface area (Å²) in [6, 6.07) is 9.94. The van der Waals surface area contributed by atoms with Gasteiger partial charge >= 0.3 is 0 Å². The van der Waals surface area contributed by atoms with Crippen molar-refractivity contribution in [3.8, 4) is 0 Å². The van der Waals surface area contributed by atoms with Gasteiger partial charge in [0.05, 0.1) is 0 Å². The second-order valence-corrected chi connectivity index (χ2v) is 5.66. The van der Waals surface area contributed by atoms with E-state index in [9.17, 15) is 0 Å². The molecule has 82 valence electrons. The Morgan fingerprint density at radius 3 is 2.88 bits per heavy atom. The van der Waals surface area contributed by atoms with E-state index >= 15 is 0 Å². The summed E-state index contributed by atoms with van der Waals surface area (Å²) in [5.74, 6) is 0.896. The van der Waals surface area contributed by atoms with Crippen LogP contribution in [-0.4, -0.2) is 4.98 Å². The van der Waals surface area contributed by atoms with E-state index in [-0.39, 0.29) is 0 Å². The van der Waals surface area contributed by atoms with Gasteiger partial charge in [-0.25, -0.2) is 0 Å². The first-order valence-electron chi connectivity index (χ1n) is 4.72. The molecule has 0 aliphatic carbocycles. The quantitative estimate of drug-likeness (QED) is 0.756. The maximum Gasteiger partial charge on any atom is 0.0417 e. The van der Waals surface area contributed by atoms with Gasteiger partial charge in [-0.1, -0.05) is 17.7 Å². The third-order valence-corrected chi connectivity index (χ3v) is 3.70. The molecule has 0 aliphatic rings. The Kier molecular flexibility index (Phi) is 4.27. The first-order valence-corrected chi connectivity index (χ1v) is 6.87. The molecule has 1 aromatic carbocycles. The lowest BCUT2D eigenvalue weighted by Crippen LogP contribution is -1.83. The van der Waals surface area contributed by atoms with Crippen LogP contribution in [0.3, 0.4) is 0 Å².